The van der Waals surface area contributed by atoms with E-state index in [0.29, 0.717) is 6.61 Å². The van der Waals surface area contributed by atoms with Crippen molar-refractivity contribution in [1.82, 2.24) is 5.32 Å². The fourth-order valence-electron chi connectivity index (χ4n) is 1.99. The van der Waals surface area contributed by atoms with E-state index in [1.807, 2.05) is 19.2 Å². The fourth-order valence-corrected chi connectivity index (χ4v) is 1.99. The Morgan fingerprint density at radius 3 is 2.47 bits per heavy atom. The third-order valence-corrected chi connectivity index (χ3v) is 3.08. The number of nitrogens with one attached hydrogen (secondary N) is 1. The maximum Gasteiger partial charge on any atom is 0.119 e. The normalized spacial score (nSPS) is 10.4. The molecule has 0 amide bonds. The molecule has 0 radical (unpaired) electrons. The summed E-state index contributed by atoms with van der Waals surface area (Å²) in [6.45, 7) is 3.72. The molecule has 0 aromatic heterocycles. The quantitative estimate of drug-likeness (QED) is 0.855. The number of benzene rings is 2. The lowest BCUT2D eigenvalue weighted by Gasteiger charge is -2.08. The first-order chi connectivity index (χ1) is 9.28. The van der Waals surface area contributed by atoms with Gasteiger partial charge in [0.15, 0.2) is 0 Å². The highest BCUT2D eigenvalue weighted by Gasteiger charge is 1.97. The molecule has 0 saturated carbocycles. The van der Waals surface area contributed by atoms with Gasteiger partial charge in [-0.3, -0.25) is 0 Å². The highest BCUT2D eigenvalue weighted by molar-refractivity contribution is 5.28. The van der Waals surface area contributed by atoms with Crippen molar-refractivity contribution in [2.75, 3.05) is 13.6 Å². The van der Waals surface area contributed by atoms with E-state index in [9.17, 15) is 0 Å². The van der Waals surface area contributed by atoms with E-state index in [1.165, 1.54) is 16.7 Å². The lowest BCUT2D eigenvalue weighted by atomic mass is 10.1. The summed E-state index contributed by atoms with van der Waals surface area (Å²) in [6, 6.07) is 16.7. The van der Waals surface area contributed by atoms with Crippen LogP contribution in [0.4, 0.5) is 0 Å². The molecule has 0 aliphatic rings. The first-order valence-electron chi connectivity index (χ1n) is 6.70. The zero-order valence-electron chi connectivity index (χ0n) is 11.6. The summed E-state index contributed by atoms with van der Waals surface area (Å²) in [5.41, 5.74) is 3.81. The molecule has 0 aliphatic carbocycles. The van der Waals surface area contributed by atoms with Crippen LogP contribution < -0.4 is 10.1 Å². The largest absolute Gasteiger partial charge is 0.489 e. The van der Waals surface area contributed by atoms with Gasteiger partial charge in [0.05, 0.1) is 0 Å². The maximum absolute atomic E-state index is 5.79. The molecule has 2 aromatic carbocycles. The molecule has 1 N–H and O–H groups in total. The minimum atomic E-state index is 0.623. The van der Waals surface area contributed by atoms with Crippen LogP contribution in [-0.2, 0) is 13.0 Å². The minimum absolute atomic E-state index is 0.623. The van der Waals surface area contributed by atoms with Crippen LogP contribution in [0.3, 0.4) is 0 Å². The molecule has 2 aromatic rings. The second-order valence-corrected chi connectivity index (χ2v) is 4.78. The molecule has 0 fully saturated rings. The van der Waals surface area contributed by atoms with Crippen LogP contribution in [-0.4, -0.2) is 13.6 Å². The number of ether oxygens (including phenoxy) is 1. The van der Waals surface area contributed by atoms with Gasteiger partial charge in [-0.25, -0.2) is 0 Å². The number of rotatable bonds is 6. The van der Waals surface area contributed by atoms with Gasteiger partial charge < -0.3 is 10.1 Å². The van der Waals surface area contributed by atoms with Crippen molar-refractivity contribution >= 4 is 0 Å². The predicted octanol–water partition coefficient (Wildman–Crippen LogP) is 3.34. The molecule has 2 rings (SSSR count). The Morgan fingerprint density at radius 1 is 1.00 bits per heavy atom. The SMILES string of the molecule is CNCCc1ccc(OCc2cccc(C)c2)cc1. The molecule has 0 unspecified atom stereocenters. The van der Waals surface area contributed by atoms with Crippen LogP contribution in [0.5, 0.6) is 5.75 Å². The van der Waals surface area contributed by atoms with E-state index < -0.39 is 0 Å². The molecule has 0 aliphatic heterocycles. The highest BCUT2D eigenvalue weighted by atomic mass is 16.5. The van der Waals surface area contributed by atoms with Crippen molar-refractivity contribution in [1.29, 1.82) is 0 Å². The summed E-state index contributed by atoms with van der Waals surface area (Å²) in [6.07, 6.45) is 1.05. The van der Waals surface area contributed by atoms with Gasteiger partial charge in [0.2, 0.25) is 0 Å². The average Bonchev–Trinajstić information content (AvgIpc) is 2.44. The minimum Gasteiger partial charge on any atom is -0.489 e. The summed E-state index contributed by atoms with van der Waals surface area (Å²) >= 11 is 0. The van der Waals surface area contributed by atoms with Crippen molar-refractivity contribution in [3.63, 3.8) is 0 Å². The zero-order chi connectivity index (χ0) is 13.5. The third kappa shape index (κ3) is 4.42. The van der Waals surface area contributed by atoms with Gasteiger partial charge >= 0.3 is 0 Å². The van der Waals surface area contributed by atoms with Crippen LogP contribution >= 0.6 is 0 Å². The zero-order valence-corrected chi connectivity index (χ0v) is 11.6. The van der Waals surface area contributed by atoms with Gasteiger partial charge in [-0.15, -0.1) is 0 Å². The number of aryl methyl sites for hydroxylation is 1. The van der Waals surface area contributed by atoms with Crippen molar-refractivity contribution in [2.45, 2.75) is 20.0 Å². The van der Waals surface area contributed by atoms with Gasteiger partial charge in [0.25, 0.3) is 0 Å². The average molecular weight is 255 g/mol. The topological polar surface area (TPSA) is 21.3 Å². The summed E-state index contributed by atoms with van der Waals surface area (Å²) in [5, 5.41) is 3.15. The van der Waals surface area contributed by atoms with Gasteiger partial charge in [-0.2, -0.15) is 0 Å². The van der Waals surface area contributed by atoms with Crippen molar-refractivity contribution in [3.05, 3.63) is 65.2 Å². The first kappa shape index (κ1) is 13.6. The van der Waals surface area contributed by atoms with Crippen molar-refractivity contribution < 1.29 is 4.74 Å². The third-order valence-electron chi connectivity index (χ3n) is 3.08. The first-order valence-corrected chi connectivity index (χ1v) is 6.70. The van der Waals surface area contributed by atoms with E-state index in [-0.39, 0.29) is 0 Å². The molecular weight excluding hydrogens is 234 g/mol. The van der Waals surface area contributed by atoms with Crippen LogP contribution in [0, 0.1) is 6.92 Å². The molecule has 2 nitrogen and oxygen atoms in total. The maximum atomic E-state index is 5.79. The summed E-state index contributed by atoms with van der Waals surface area (Å²) in [4.78, 5) is 0. The van der Waals surface area contributed by atoms with Crippen LogP contribution in [0.25, 0.3) is 0 Å². The van der Waals surface area contributed by atoms with E-state index in [0.717, 1.165) is 18.7 Å². The lowest BCUT2D eigenvalue weighted by Crippen LogP contribution is -2.10. The molecular formula is C17H21NO. The molecule has 0 heterocycles. The van der Waals surface area contributed by atoms with Crippen LogP contribution in [0.15, 0.2) is 48.5 Å². The van der Waals surface area contributed by atoms with Gasteiger partial charge in [0, 0.05) is 0 Å². The van der Waals surface area contributed by atoms with E-state index in [4.69, 9.17) is 4.74 Å². The Bertz CT molecular complexity index is 505. The lowest BCUT2D eigenvalue weighted by molar-refractivity contribution is 0.306. The number of hydrogen-bond donors (Lipinski definition) is 1. The Kier molecular flexibility index (Phi) is 4.99. The van der Waals surface area contributed by atoms with Crippen molar-refractivity contribution in [3.8, 4) is 5.75 Å². The predicted molar refractivity (Wildman–Crippen MR) is 79.6 cm³/mol. The molecule has 19 heavy (non-hydrogen) atoms. The Morgan fingerprint density at radius 2 is 1.79 bits per heavy atom. The van der Waals surface area contributed by atoms with E-state index in [2.05, 4.69) is 48.6 Å². The van der Waals surface area contributed by atoms with Crippen LogP contribution in [0.2, 0.25) is 0 Å². The standard InChI is InChI=1S/C17H21NO/c1-14-4-3-5-16(12-14)13-19-17-8-6-15(7-9-17)10-11-18-2/h3-9,12,18H,10-11,13H2,1-2H3. The summed E-state index contributed by atoms with van der Waals surface area (Å²) in [5.74, 6) is 0.926. The number of hydrogen-bond acceptors (Lipinski definition) is 2. The van der Waals surface area contributed by atoms with Crippen LogP contribution in [0.1, 0.15) is 16.7 Å². The van der Waals surface area contributed by atoms with E-state index >= 15 is 0 Å². The summed E-state index contributed by atoms with van der Waals surface area (Å²) < 4.78 is 5.79. The monoisotopic (exact) mass is 255 g/mol. The molecule has 0 saturated heterocycles. The Labute approximate surface area is 115 Å². The van der Waals surface area contributed by atoms with Crippen molar-refractivity contribution in [2.24, 2.45) is 0 Å². The highest BCUT2D eigenvalue weighted by Crippen LogP contribution is 2.15. The smallest absolute Gasteiger partial charge is 0.119 e. The molecule has 0 spiro atoms. The molecule has 0 atom stereocenters. The Hall–Kier alpha value is -1.80. The molecule has 2 heteroatoms. The van der Waals surface area contributed by atoms with Gasteiger partial charge in [-0.05, 0) is 50.2 Å². The molecule has 100 valence electrons. The fraction of sp³-hybridized carbons (Fsp3) is 0.294. The Balaban J connectivity index is 1.89. The second-order valence-electron chi connectivity index (χ2n) is 4.78. The second kappa shape index (κ2) is 6.95. The van der Waals surface area contributed by atoms with Gasteiger partial charge in [-0.1, -0.05) is 42.0 Å². The summed E-state index contributed by atoms with van der Waals surface area (Å²) in [7, 11) is 1.97. The molecule has 0 bridgehead atoms. The van der Waals surface area contributed by atoms with Gasteiger partial charge in [0.1, 0.15) is 12.4 Å². The number of likely N-dealkylation sites (N-methyl/N-ethyl adjacent to an activating group) is 1. The van der Waals surface area contributed by atoms with E-state index in [1.54, 1.807) is 0 Å².